The molecular weight excluding hydrogens is 374 g/mol. The molecule has 0 amide bonds. The Bertz CT molecular complexity index is 1080. The average Bonchev–Trinajstić information content (AvgIpc) is 3.08. The fourth-order valence-electron chi connectivity index (χ4n) is 2.65. The van der Waals surface area contributed by atoms with Gasteiger partial charge in [0.05, 0.1) is 15.7 Å². The van der Waals surface area contributed by atoms with E-state index < -0.39 is 0 Å². The summed E-state index contributed by atoms with van der Waals surface area (Å²) < 4.78 is 20.9. The topological polar surface area (TPSA) is 26.5 Å². The molecule has 0 aliphatic rings. The molecule has 6 heteroatoms. The predicted octanol–water partition coefficient (Wildman–Crippen LogP) is 6.03. The lowest BCUT2D eigenvalue weighted by Gasteiger charge is -2.08. The van der Waals surface area contributed by atoms with Gasteiger partial charge in [-0.1, -0.05) is 29.3 Å². The third-order valence-electron chi connectivity index (χ3n) is 3.97. The van der Waals surface area contributed by atoms with Gasteiger partial charge in [-0.2, -0.15) is 0 Å². The van der Waals surface area contributed by atoms with Gasteiger partial charge in [0.1, 0.15) is 12.4 Å². The summed E-state index contributed by atoms with van der Waals surface area (Å²) in [5.74, 6) is 0.370. The summed E-state index contributed by atoms with van der Waals surface area (Å²) in [6.45, 7) is 0.343. The van der Waals surface area contributed by atoms with E-state index in [1.807, 2.05) is 35.0 Å². The molecular formula is C20H13Cl2FN2O. The number of pyridine rings is 1. The molecule has 0 aliphatic carbocycles. The van der Waals surface area contributed by atoms with Crippen LogP contribution in [-0.4, -0.2) is 9.38 Å². The van der Waals surface area contributed by atoms with Crippen molar-refractivity contribution in [2.75, 3.05) is 0 Å². The molecule has 0 fully saturated rings. The van der Waals surface area contributed by atoms with Crippen molar-refractivity contribution in [3.05, 3.63) is 88.4 Å². The van der Waals surface area contributed by atoms with Crippen molar-refractivity contribution in [2.24, 2.45) is 0 Å². The lowest BCUT2D eigenvalue weighted by Crippen LogP contribution is -1.97. The van der Waals surface area contributed by atoms with Gasteiger partial charge in [0.15, 0.2) is 11.4 Å². The van der Waals surface area contributed by atoms with E-state index in [0.717, 1.165) is 16.8 Å². The van der Waals surface area contributed by atoms with Gasteiger partial charge in [-0.05, 0) is 54.1 Å². The second-order valence-corrected chi connectivity index (χ2v) is 6.59. The van der Waals surface area contributed by atoms with Gasteiger partial charge in [0.2, 0.25) is 0 Å². The van der Waals surface area contributed by atoms with Crippen LogP contribution in [0.25, 0.3) is 16.9 Å². The first-order chi connectivity index (χ1) is 12.6. The van der Waals surface area contributed by atoms with Crippen molar-refractivity contribution in [3.63, 3.8) is 0 Å². The van der Waals surface area contributed by atoms with Gasteiger partial charge >= 0.3 is 0 Å². The van der Waals surface area contributed by atoms with Crippen LogP contribution < -0.4 is 4.74 Å². The lowest BCUT2D eigenvalue weighted by molar-refractivity contribution is 0.308. The van der Waals surface area contributed by atoms with Crippen molar-refractivity contribution < 1.29 is 9.13 Å². The fourth-order valence-corrected chi connectivity index (χ4v) is 2.97. The number of halogens is 3. The van der Waals surface area contributed by atoms with E-state index in [4.69, 9.17) is 27.9 Å². The molecule has 0 aliphatic heterocycles. The molecule has 2 aromatic carbocycles. The van der Waals surface area contributed by atoms with Crippen LogP contribution in [0.1, 0.15) is 5.56 Å². The highest BCUT2D eigenvalue weighted by atomic mass is 35.5. The number of aromatic nitrogens is 2. The van der Waals surface area contributed by atoms with Crippen LogP contribution in [-0.2, 0) is 6.61 Å². The zero-order valence-corrected chi connectivity index (χ0v) is 15.0. The molecule has 0 radical (unpaired) electrons. The van der Waals surface area contributed by atoms with Crippen molar-refractivity contribution in [2.45, 2.75) is 6.61 Å². The first-order valence-corrected chi connectivity index (χ1v) is 8.66. The van der Waals surface area contributed by atoms with Crippen molar-refractivity contribution in [3.8, 4) is 17.0 Å². The molecule has 0 spiro atoms. The van der Waals surface area contributed by atoms with Gasteiger partial charge < -0.3 is 9.14 Å². The molecule has 4 rings (SSSR count). The number of rotatable bonds is 4. The second kappa shape index (κ2) is 6.98. The standard InChI is InChI=1S/C20H13Cl2FN2O/c21-16-8-3-13(10-17(16)22)12-26-19-2-1-9-25-11-18(24-20(19)25)14-4-6-15(23)7-5-14/h1-11H,12H2. The second-order valence-electron chi connectivity index (χ2n) is 5.77. The summed E-state index contributed by atoms with van der Waals surface area (Å²) in [6, 6.07) is 15.4. The Morgan fingerprint density at radius 2 is 1.81 bits per heavy atom. The summed E-state index contributed by atoms with van der Waals surface area (Å²) in [5.41, 5.74) is 3.18. The molecule has 2 aromatic heterocycles. The highest BCUT2D eigenvalue weighted by Crippen LogP contribution is 2.27. The minimum Gasteiger partial charge on any atom is -0.485 e. The van der Waals surface area contributed by atoms with Crippen LogP contribution in [0.15, 0.2) is 67.0 Å². The molecule has 0 saturated heterocycles. The maximum atomic E-state index is 13.1. The highest BCUT2D eigenvalue weighted by molar-refractivity contribution is 6.42. The Balaban J connectivity index is 1.63. The minimum atomic E-state index is -0.275. The average molecular weight is 387 g/mol. The molecule has 0 N–H and O–H groups in total. The molecule has 0 bridgehead atoms. The molecule has 2 heterocycles. The van der Waals surface area contributed by atoms with Crippen LogP contribution in [0.2, 0.25) is 10.0 Å². The van der Waals surface area contributed by atoms with Crippen LogP contribution in [0, 0.1) is 5.82 Å². The Labute approximate surface area is 159 Å². The first kappa shape index (κ1) is 16.9. The number of ether oxygens (including phenoxy) is 1. The normalized spacial score (nSPS) is 11.0. The molecule has 4 aromatic rings. The van der Waals surface area contributed by atoms with Gasteiger partial charge in [0.25, 0.3) is 0 Å². The largest absolute Gasteiger partial charge is 0.485 e. The summed E-state index contributed by atoms with van der Waals surface area (Å²) in [5, 5.41) is 1.00. The van der Waals surface area contributed by atoms with E-state index in [9.17, 15) is 4.39 Å². The molecule has 0 unspecified atom stereocenters. The third-order valence-corrected chi connectivity index (χ3v) is 4.70. The predicted molar refractivity (Wildman–Crippen MR) is 101 cm³/mol. The molecule has 0 saturated carbocycles. The molecule has 26 heavy (non-hydrogen) atoms. The van der Waals surface area contributed by atoms with E-state index >= 15 is 0 Å². The molecule has 130 valence electrons. The van der Waals surface area contributed by atoms with E-state index in [0.29, 0.717) is 28.0 Å². The summed E-state index contributed by atoms with van der Waals surface area (Å²) in [6.07, 6.45) is 3.77. The zero-order valence-electron chi connectivity index (χ0n) is 13.5. The monoisotopic (exact) mass is 386 g/mol. The van der Waals surface area contributed by atoms with Crippen LogP contribution >= 0.6 is 23.2 Å². The zero-order chi connectivity index (χ0) is 18.1. The van der Waals surface area contributed by atoms with Crippen LogP contribution in [0.4, 0.5) is 4.39 Å². The number of imidazole rings is 1. The first-order valence-electron chi connectivity index (χ1n) is 7.90. The number of hydrogen-bond acceptors (Lipinski definition) is 2. The maximum Gasteiger partial charge on any atom is 0.180 e. The van der Waals surface area contributed by atoms with Gasteiger partial charge in [0, 0.05) is 18.0 Å². The highest BCUT2D eigenvalue weighted by Gasteiger charge is 2.10. The van der Waals surface area contributed by atoms with E-state index in [2.05, 4.69) is 4.98 Å². The maximum absolute atomic E-state index is 13.1. The Morgan fingerprint density at radius 1 is 1.00 bits per heavy atom. The SMILES string of the molecule is Fc1ccc(-c2cn3cccc(OCc4ccc(Cl)c(Cl)c4)c3n2)cc1. The fraction of sp³-hybridized carbons (Fsp3) is 0.0500. The summed E-state index contributed by atoms with van der Waals surface area (Å²) >= 11 is 12.0. The molecule has 3 nitrogen and oxygen atoms in total. The van der Waals surface area contributed by atoms with Crippen molar-refractivity contribution >= 4 is 28.8 Å². The summed E-state index contributed by atoms with van der Waals surface area (Å²) in [4.78, 5) is 4.62. The number of fused-ring (bicyclic) bond motifs is 1. The smallest absolute Gasteiger partial charge is 0.180 e. The Kier molecular flexibility index (Phi) is 4.53. The number of nitrogens with zero attached hydrogens (tertiary/aromatic N) is 2. The van der Waals surface area contributed by atoms with E-state index in [-0.39, 0.29) is 5.82 Å². The third kappa shape index (κ3) is 3.39. The van der Waals surface area contributed by atoms with Crippen molar-refractivity contribution in [1.82, 2.24) is 9.38 Å². The van der Waals surface area contributed by atoms with Gasteiger partial charge in [-0.3, -0.25) is 0 Å². The molecule has 0 atom stereocenters. The Hall–Kier alpha value is -2.56. The van der Waals surface area contributed by atoms with Gasteiger partial charge in [-0.15, -0.1) is 0 Å². The Morgan fingerprint density at radius 3 is 2.58 bits per heavy atom. The van der Waals surface area contributed by atoms with Crippen molar-refractivity contribution in [1.29, 1.82) is 0 Å². The number of benzene rings is 2. The quantitative estimate of drug-likeness (QED) is 0.428. The van der Waals surface area contributed by atoms with Crippen LogP contribution in [0.5, 0.6) is 5.75 Å². The lowest BCUT2D eigenvalue weighted by atomic mass is 10.2. The van der Waals surface area contributed by atoms with E-state index in [1.165, 1.54) is 12.1 Å². The van der Waals surface area contributed by atoms with Crippen LogP contribution in [0.3, 0.4) is 0 Å². The van der Waals surface area contributed by atoms with E-state index in [1.54, 1.807) is 24.3 Å². The number of hydrogen-bond donors (Lipinski definition) is 0. The van der Waals surface area contributed by atoms with Gasteiger partial charge in [-0.25, -0.2) is 9.37 Å². The summed E-state index contributed by atoms with van der Waals surface area (Å²) in [7, 11) is 0. The minimum absolute atomic E-state index is 0.275.